The molecule has 0 heterocycles. The molecule has 0 aliphatic heterocycles. The summed E-state index contributed by atoms with van der Waals surface area (Å²) in [6, 6.07) is 10.6. The Morgan fingerprint density at radius 3 is 2.42 bits per heavy atom. The van der Waals surface area contributed by atoms with Crippen molar-refractivity contribution in [2.24, 2.45) is 5.73 Å². The predicted molar refractivity (Wildman–Crippen MR) is 89.6 cm³/mol. The monoisotopic (exact) mass is 330 g/mol. The van der Waals surface area contributed by atoms with E-state index >= 15 is 0 Å². The quantitative estimate of drug-likeness (QED) is 0.885. The molecule has 0 aromatic heterocycles. The zero-order valence-electron chi connectivity index (χ0n) is 13.6. The molecule has 0 bridgehead atoms. The third-order valence-corrected chi connectivity index (χ3v) is 3.62. The molecule has 6 heteroatoms. The summed E-state index contributed by atoms with van der Waals surface area (Å²) in [7, 11) is 1.53. The number of halogens is 1. The van der Waals surface area contributed by atoms with Gasteiger partial charge in [0, 0.05) is 24.2 Å². The Hall–Kier alpha value is -2.89. The fourth-order valence-electron chi connectivity index (χ4n) is 2.30. The molecule has 0 unspecified atom stereocenters. The normalized spacial score (nSPS) is 10.3. The van der Waals surface area contributed by atoms with Gasteiger partial charge in [0.25, 0.3) is 5.91 Å². The van der Waals surface area contributed by atoms with Gasteiger partial charge < -0.3 is 15.4 Å². The first-order valence-corrected chi connectivity index (χ1v) is 7.42. The number of hydrogen-bond acceptors (Lipinski definition) is 3. The molecule has 5 nitrogen and oxygen atoms in total. The maximum atomic E-state index is 13.1. The van der Waals surface area contributed by atoms with Crippen molar-refractivity contribution in [1.82, 2.24) is 0 Å². The maximum Gasteiger partial charge on any atom is 0.258 e. The van der Waals surface area contributed by atoms with Crippen molar-refractivity contribution in [3.05, 3.63) is 59.4 Å². The molecule has 0 spiro atoms. The lowest BCUT2D eigenvalue weighted by Gasteiger charge is -2.23. The Kier molecular flexibility index (Phi) is 5.52. The third kappa shape index (κ3) is 4.10. The van der Waals surface area contributed by atoms with E-state index in [1.165, 1.54) is 36.3 Å². The molecule has 0 aliphatic carbocycles. The molecule has 0 saturated carbocycles. The highest BCUT2D eigenvalue weighted by Crippen LogP contribution is 2.23. The summed E-state index contributed by atoms with van der Waals surface area (Å²) in [6.07, 6.45) is 0.00606. The molecule has 2 aromatic carbocycles. The van der Waals surface area contributed by atoms with Crippen LogP contribution in [-0.4, -0.2) is 25.5 Å². The maximum absolute atomic E-state index is 13.1. The SMILES string of the molecule is COc1cc(C(=O)N(CCC(N)=O)c2ccc(F)cc2)ccc1C. The summed E-state index contributed by atoms with van der Waals surface area (Å²) in [6.45, 7) is 1.98. The van der Waals surface area contributed by atoms with Gasteiger partial charge in [-0.25, -0.2) is 4.39 Å². The van der Waals surface area contributed by atoms with Crippen molar-refractivity contribution in [3.63, 3.8) is 0 Å². The van der Waals surface area contributed by atoms with Crippen LogP contribution in [0.3, 0.4) is 0 Å². The second-order valence-corrected chi connectivity index (χ2v) is 5.33. The molecule has 2 rings (SSSR count). The Bertz CT molecular complexity index is 744. The molecule has 2 aromatic rings. The molecular formula is C18H19FN2O3. The van der Waals surface area contributed by atoms with E-state index in [1.54, 1.807) is 18.2 Å². The summed E-state index contributed by atoms with van der Waals surface area (Å²) in [5.74, 6) is -0.648. The van der Waals surface area contributed by atoms with E-state index < -0.39 is 11.7 Å². The Morgan fingerprint density at radius 2 is 1.83 bits per heavy atom. The standard InChI is InChI=1S/C18H19FN2O3/c1-12-3-4-13(11-16(12)24-2)18(23)21(10-9-17(20)22)15-7-5-14(19)6-8-15/h3-8,11H,9-10H2,1-2H3,(H2,20,22). The highest BCUT2D eigenvalue weighted by molar-refractivity contribution is 6.06. The predicted octanol–water partition coefficient (Wildman–Crippen LogP) is 2.66. The summed E-state index contributed by atoms with van der Waals surface area (Å²) in [4.78, 5) is 25.3. The van der Waals surface area contributed by atoms with E-state index in [0.717, 1.165) is 5.56 Å². The number of aryl methyl sites for hydroxylation is 1. The van der Waals surface area contributed by atoms with Crippen LogP contribution in [0, 0.1) is 12.7 Å². The van der Waals surface area contributed by atoms with Crippen LogP contribution >= 0.6 is 0 Å². The molecule has 126 valence electrons. The van der Waals surface area contributed by atoms with Crippen LogP contribution < -0.4 is 15.4 Å². The summed E-state index contributed by atoms with van der Waals surface area (Å²) < 4.78 is 18.4. The molecule has 0 fully saturated rings. The van der Waals surface area contributed by atoms with Gasteiger partial charge in [0.1, 0.15) is 11.6 Å². The number of carbonyl (C=O) groups excluding carboxylic acids is 2. The van der Waals surface area contributed by atoms with Gasteiger partial charge in [0.15, 0.2) is 0 Å². The number of benzene rings is 2. The smallest absolute Gasteiger partial charge is 0.258 e. The highest BCUT2D eigenvalue weighted by Gasteiger charge is 2.19. The van der Waals surface area contributed by atoms with Crippen LogP contribution in [0.4, 0.5) is 10.1 Å². The first-order valence-electron chi connectivity index (χ1n) is 7.42. The number of methoxy groups -OCH3 is 1. The molecular weight excluding hydrogens is 311 g/mol. The largest absolute Gasteiger partial charge is 0.496 e. The Balaban J connectivity index is 2.36. The van der Waals surface area contributed by atoms with Gasteiger partial charge in [-0.2, -0.15) is 0 Å². The van der Waals surface area contributed by atoms with Gasteiger partial charge in [-0.3, -0.25) is 9.59 Å². The second kappa shape index (κ2) is 7.59. The molecule has 2 N–H and O–H groups in total. The Labute approximate surface area is 139 Å². The van der Waals surface area contributed by atoms with E-state index in [4.69, 9.17) is 10.5 Å². The molecule has 2 amide bonds. The van der Waals surface area contributed by atoms with Crippen LogP contribution in [0.1, 0.15) is 22.3 Å². The van der Waals surface area contributed by atoms with Gasteiger partial charge >= 0.3 is 0 Å². The van der Waals surface area contributed by atoms with E-state index in [0.29, 0.717) is 17.0 Å². The minimum absolute atomic E-state index is 0.00606. The first kappa shape index (κ1) is 17.5. The first-order chi connectivity index (χ1) is 11.4. The number of carbonyl (C=O) groups is 2. The van der Waals surface area contributed by atoms with Crippen molar-refractivity contribution >= 4 is 17.5 Å². The number of rotatable bonds is 6. The lowest BCUT2D eigenvalue weighted by molar-refractivity contribution is -0.117. The van der Waals surface area contributed by atoms with Crippen LogP contribution in [0.2, 0.25) is 0 Å². The van der Waals surface area contributed by atoms with Crippen molar-refractivity contribution < 1.29 is 18.7 Å². The number of anilines is 1. The zero-order valence-corrected chi connectivity index (χ0v) is 13.6. The average molecular weight is 330 g/mol. The van der Waals surface area contributed by atoms with E-state index in [9.17, 15) is 14.0 Å². The minimum atomic E-state index is -0.517. The van der Waals surface area contributed by atoms with Gasteiger partial charge in [0.2, 0.25) is 5.91 Å². The average Bonchev–Trinajstić information content (AvgIpc) is 2.56. The van der Waals surface area contributed by atoms with Crippen LogP contribution in [0.15, 0.2) is 42.5 Å². The summed E-state index contributed by atoms with van der Waals surface area (Å²) >= 11 is 0. The van der Waals surface area contributed by atoms with Crippen molar-refractivity contribution in [2.75, 3.05) is 18.6 Å². The molecule has 0 saturated heterocycles. The lowest BCUT2D eigenvalue weighted by Crippen LogP contribution is -2.34. The van der Waals surface area contributed by atoms with E-state index in [-0.39, 0.29) is 18.9 Å². The van der Waals surface area contributed by atoms with Crippen molar-refractivity contribution in [1.29, 1.82) is 0 Å². The van der Waals surface area contributed by atoms with Crippen molar-refractivity contribution in [3.8, 4) is 5.75 Å². The van der Waals surface area contributed by atoms with Crippen LogP contribution in [-0.2, 0) is 4.79 Å². The molecule has 0 atom stereocenters. The van der Waals surface area contributed by atoms with E-state index in [2.05, 4.69) is 0 Å². The number of primary amides is 1. The second-order valence-electron chi connectivity index (χ2n) is 5.33. The lowest BCUT2D eigenvalue weighted by atomic mass is 10.1. The topological polar surface area (TPSA) is 72.6 Å². The van der Waals surface area contributed by atoms with Gasteiger partial charge in [-0.15, -0.1) is 0 Å². The fourth-order valence-corrected chi connectivity index (χ4v) is 2.30. The van der Waals surface area contributed by atoms with Gasteiger partial charge in [-0.05, 0) is 48.9 Å². The minimum Gasteiger partial charge on any atom is -0.496 e. The number of amides is 2. The van der Waals surface area contributed by atoms with Crippen LogP contribution in [0.25, 0.3) is 0 Å². The summed E-state index contributed by atoms with van der Waals surface area (Å²) in [5, 5.41) is 0. The van der Waals surface area contributed by atoms with Crippen LogP contribution in [0.5, 0.6) is 5.75 Å². The number of hydrogen-bond donors (Lipinski definition) is 1. The van der Waals surface area contributed by atoms with E-state index in [1.807, 2.05) is 6.92 Å². The highest BCUT2D eigenvalue weighted by atomic mass is 19.1. The van der Waals surface area contributed by atoms with Gasteiger partial charge in [-0.1, -0.05) is 6.07 Å². The zero-order chi connectivity index (χ0) is 17.7. The number of nitrogens with zero attached hydrogens (tertiary/aromatic N) is 1. The number of nitrogens with two attached hydrogens (primary N) is 1. The third-order valence-electron chi connectivity index (χ3n) is 3.62. The summed E-state index contributed by atoms with van der Waals surface area (Å²) in [5.41, 5.74) is 6.99. The fraction of sp³-hybridized carbons (Fsp3) is 0.222. The Morgan fingerprint density at radius 1 is 1.17 bits per heavy atom. The molecule has 24 heavy (non-hydrogen) atoms. The number of ether oxygens (including phenoxy) is 1. The molecule has 0 aliphatic rings. The van der Waals surface area contributed by atoms with Gasteiger partial charge in [0.05, 0.1) is 7.11 Å². The van der Waals surface area contributed by atoms with Crippen molar-refractivity contribution in [2.45, 2.75) is 13.3 Å². The molecule has 0 radical (unpaired) electrons.